The molecular weight excluding hydrogens is 352 g/mol. The van der Waals surface area contributed by atoms with Crippen LogP contribution in [-0.4, -0.2) is 57.4 Å². The number of nitrogens with zero attached hydrogens (tertiary/aromatic N) is 3. The number of carbonyl (C=O) groups excluding carboxylic acids is 1. The minimum absolute atomic E-state index is 0.00385. The Morgan fingerprint density at radius 1 is 1.21 bits per heavy atom. The maximum atomic E-state index is 12.4. The molecular formula is C22H28N4O2. The molecule has 1 saturated carbocycles. The first-order valence-electron chi connectivity index (χ1n) is 10.4. The van der Waals surface area contributed by atoms with Gasteiger partial charge in [-0.25, -0.2) is 4.79 Å². The predicted molar refractivity (Wildman–Crippen MR) is 107 cm³/mol. The van der Waals surface area contributed by atoms with Crippen LogP contribution in [0.1, 0.15) is 42.4 Å². The second kappa shape index (κ2) is 6.92. The second-order valence-electron chi connectivity index (χ2n) is 8.62. The molecule has 2 aliphatic heterocycles. The van der Waals surface area contributed by atoms with Crippen molar-refractivity contribution >= 4 is 6.09 Å². The number of hydrogen-bond donors (Lipinski definition) is 1. The summed E-state index contributed by atoms with van der Waals surface area (Å²) < 4.78 is 5.73. The zero-order chi connectivity index (χ0) is 19.3. The third kappa shape index (κ3) is 3.00. The van der Waals surface area contributed by atoms with Crippen LogP contribution in [0.4, 0.5) is 4.79 Å². The van der Waals surface area contributed by atoms with Gasteiger partial charge in [-0.2, -0.15) is 5.10 Å². The van der Waals surface area contributed by atoms with Gasteiger partial charge in [0.15, 0.2) is 0 Å². The molecule has 148 valence electrons. The van der Waals surface area contributed by atoms with E-state index in [0.717, 1.165) is 38.2 Å². The largest absolute Gasteiger partial charge is 0.442 e. The molecule has 6 heteroatoms. The average molecular weight is 380 g/mol. The van der Waals surface area contributed by atoms with Crippen LogP contribution in [-0.2, 0) is 11.3 Å². The lowest BCUT2D eigenvalue weighted by molar-refractivity contribution is 0.113. The van der Waals surface area contributed by atoms with Crippen LogP contribution in [0, 0.1) is 13.8 Å². The number of carbonyl (C=O) groups is 1. The first-order valence-corrected chi connectivity index (χ1v) is 10.4. The van der Waals surface area contributed by atoms with Gasteiger partial charge in [-0.1, -0.05) is 30.5 Å². The van der Waals surface area contributed by atoms with E-state index in [0.29, 0.717) is 6.04 Å². The van der Waals surface area contributed by atoms with Gasteiger partial charge in [0.2, 0.25) is 0 Å². The molecule has 1 aliphatic carbocycles. The summed E-state index contributed by atoms with van der Waals surface area (Å²) in [5.41, 5.74) is 6.01. The summed E-state index contributed by atoms with van der Waals surface area (Å²) >= 11 is 0. The summed E-state index contributed by atoms with van der Waals surface area (Å²) in [6, 6.07) is 7.10. The molecule has 1 amide bonds. The van der Waals surface area contributed by atoms with Gasteiger partial charge in [-0.15, -0.1) is 0 Å². The van der Waals surface area contributed by atoms with E-state index in [1.54, 1.807) is 0 Å². The highest BCUT2D eigenvalue weighted by molar-refractivity contribution is 5.71. The van der Waals surface area contributed by atoms with Crippen LogP contribution in [0.3, 0.4) is 0 Å². The summed E-state index contributed by atoms with van der Waals surface area (Å²) in [4.78, 5) is 16.8. The first-order chi connectivity index (χ1) is 13.6. The van der Waals surface area contributed by atoms with Crippen LogP contribution >= 0.6 is 0 Å². The van der Waals surface area contributed by atoms with Crippen molar-refractivity contribution in [2.24, 2.45) is 0 Å². The number of nitrogens with one attached hydrogen (secondary N) is 1. The second-order valence-corrected chi connectivity index (χ2v) is 8.62. The quantitative estimate of drug-likeness (QED) is 0.880. The van der Waals surface area contributed by atoms with E-state index in [1.807, 2.05) is 6.20 Å². The van der Waals surface area contributed by atoms with Crippen molar-refractivity contribution in [3.05, 3.63) is 41.1 Å². The van der Waals surface area contributed by atoms with Crippen LogP contribution in [0.25, 0.3) is 11.3 Å². The highest BCUT2D eigenvalue weighted by Gasteiger charge is 2.50. The standard InChI is InChI=1S/C22H28N4O2/c1-14-7-8-15(2)18(9-14)21-16(10-23-24-21)11-25-12-19-20(13-25)28-22(27)26(19)17-5-3-4-6-17/h7-10,17,19-20H,3-6,11-13H2,1-2H3,(H,23,24)/t19-,20+/m0/s1. The van der Waals surface area contributed by atoms with E-state index in [4.69, 9.17) is 4.74 Å². The zero-order valence-electron chi connectivity index (χ0n) is 16.6. The Hall–Kier alpha value is -2.34. The summed E-state index contributed by atoms with van der Waals surface area (Å²) in [7, 11) is 0. The van der Waals surface area contributed by atoms with Crippen molar-refractivity contribution in [2.75, 3.05) is 13.1 Å². The van der Waals surface area contributed by atoms with Gasteiger partial charge < -0.3 is 4.74 Å². The van der Waals surface area contributed by atoms with Crippen molar-refractivity contribution in [3.8, 4) is 11.3 Å². The van der Waals surface area contributed by atoms with Crippen LogP contribution in [0.5, 0.6) is 0 Å². The van der Waals surface area contributed by atoms with Crippen molar-refractivity contribution in [3.63, 3.8) is 0 Å². The number of aryl methyl sites for hydroxylation is 2. The third-order valence-corrected chi connectivity index (χ3v) is 6.63. The monoisotopic (exact) mass is 380 g/mol. The van der Waals surface area contributed by atoms with Gasteiger partial charge in [-0.05, 0) is 38.3 Å². The molecule has 2 atom stereocenters. The molecule has 1 aromatic carbocycles. The SMILES string of the molecule is Cc1ccc(C)c(-c2[nH]ncc2CN2C[C@H]3OC(=O)N(C4CCCC4)[C@H]3C2)c1. The van der Waals surface area contributed by atoms with E-state index in [9.17, 15) is 4.79 Å². The van der Waals surface area contributed by atoms with E-state index in [-0.39, 0.29) is 18.2 Å². The van der Waals surface area contributed by atoms with Gasteiger partial charge >= 0.3 is 6.09 Å². The number of aromatic amines is 1. The van der Waals surface area contributed by atoms with Gasteiger partial charge in [-0.3, -0.25) is 14.9 Å². The van der Waals surface area contributed by atoms with E-state index < -0.39 is 0 Å². The molecule has 0 radical (unpaired) electrons. The molecule has 1 N–H and O–H groups in total. The summed E-state index contributed by atoms with van der Waals surface area (Å²) in [5.74, 6) is 0. The van der Waals surface area contributed by atoms with Gasteiger partial charge in [0.25, 0.3) is 0 Å². The van der Waals surface area contributed by atoms with Crippen molar-refractivity contribution in [1.29, 1.82) is 0 Å². The summed E-state index contributed by atoms with van der Waals surface area (Å²) in [5, 5.41) is 7.53. The lowest BCUT2D eigenvalue weighted by atomic mass is 10.0. The van der Waals surface area contributed by atoms with Crippen LogP contribution < -0.4 is 0 Å². The number of benzene rings is 1. The molecule has 5 rings (SSSR count). The maximum absolute atomic E-state index is 12.4. The van der Waals surface area contributed by atoms with Gasteiger partial charge in [0.05, 0.1) is 17.9 Å². The van der Waals surface area contributed by atoms with E-state index >= 15 is 0 Å². The fraction of sp³-hybridized carbons (Fsp3) is 0.545. The predicted octanol–water partition coefficient (Wildman–Crippen LogP) is 3.64. The Morgan fingerprint density at radius 2 is 2.04 bits per heavy atom. The Morgan fingerprint density at radius 3 is 2.86 bits per heavy atom. The van der Waals surface area contributed by atoms with Crippen molar-refractivity contribution in [1.82, 2.24) is 20.0 Å². The minimum Gasteiger partial charge on any atom is -0.442 e. The highest BCUT2D eigenvalue weighted by atomic mass is 16.6. The molecule has 3 aliphatic rings. The normalized spacial score (nSPS) is 25.5. The Labute approximate surface area is 165 Å². The Balaban J connectivity index is 1.33. The highest BCUT2D eigenvalue weighted by Crippen LogP contribution is 2.35. The smallest absolute Gasteiger partial charge is 0.410 e. The molecule has 0 spiro atoms. The summed E-state index contributed by atoms with van der Waals surface area (Å²) in [6.07, 6.45) is 6.54. The first kappa shape index (κ1) is 17.7. The van der Waals surface area contributed by atoms with Gasteiger partial charge in [0.1, 0.15) is 6.10 Å². The number of H-pyrrole nitrogens is 1. The number of hydrogen-bond acceptors (Lipinski definition) is 4. The molecule has 0 unspecified atom stereocenters. The summed E-state index contributed by atoms with van der Waals surface area (Å²) in [6.45, 7) is 6.76. The van der Waals surface area contributed by atoms with Crippen molar-refractivity contribution in [2.45, 2.75) is 64.3 Å². The Bertz CT molecular complexity index is 886. The van der Waals surface area contributed by atoms with Crippen LogP contribution in [0.15, 0.2) is 24.4 Å². The Kier molecular flexibility index (Phi) is 4.38. The topological polar surface area (TPSA) is 61.5 Å². The molecule has 0 bridgehead atoms. The molecule has 6 nitrogen and oxygen atoms in total. The lowest BCUT2D eigenvalue weighted by Crippen LogP contribution is -2.43. The fourth-order valence-electron chi connectivity index (χ4n) is 5.18. The van der Waals surface area contributed by atoms with Crippen molar-refractivity contribution < 1.29 is 9.53 Å². The van der Waals surface area contributed by atoms with E-state index in [2.05, 4.69) is 52.0 Å². The fourth-order valence-corrected chi connectivity index (χ4v) is 5.18. The molecule has 3 heterocycles. The molecule has 28 heavy (non-hydrogen) atoms. The third-order valence-electron chi connectivity index (χ3n) is 6.63. The lowest BCUT2D eigenvalue weighted by Gasteiger charge is -2.27. The minimum atomic E-state index is -0.0964. The molecule has 1 aromatic heterocycles. The molecule has 2 aromatic rings. The van der Waals surface area contributed by atoms with E-state index in [1.165, 1.54) is 35.1 Å². The number of aromatic nitrogens is 2. The number of likely N-dealkylation sites (tertiary alicyclic amines) is 1. The molecule has 2 saturated heterocycles. The number of rotatable bonds is 4. The van der Waals surface area contributed by atoms with Gasteiger partial charge in [0, 0.05) is 36.8 Å². The maximum Gasteiger partial charge on any atom is 0.410 e. The number of ether oxygens (including phenoxy) is 1. The zero-order valence-corrected chi connectivity index (χ0v) is 16.6. The van der Waals surface area contributed by atoms with Crippen LogP contribution in [0.2, 0.25) is 0 Å². The number of fused-ring (bicyclic) bond motifs is 1. The number of amides is 1. The average Bonchev–Trinajstić information content (AvgIpc) is 3.42. The molecule has 3 fully saturated rings.